The number of nitrogens with zero attached hydrogens (tertiary/aromatic N) is 2. The van der Waals surface area contributed by atoms with Gasteiger partial charge >= 0.3 is 5.97 Å². The minimum absolute atomic E-state index is 0.304. The fraction of sp³-hybridized carbons (Fsp3) is 0.467. The van der Waals surface area contributed by atoms with Crippen molar-refractivity contribution in [1.29, 1.82) is 0 Å². The molecule has 1 aromatic heterocycles. The van der Waals surface area contributed by atoms with Gasteiger partial charge in [0.2, 0.25) is 0 Å². The smallest absolute Gasteiger partial charge is 0.335 e. The molecule has 0 spiro atoms. The normalized spacial score (nSPS) is 19.4. The molecule has 0 amide bonds. The Hall–Kier alpha value is -1.88. The molecule has 2 aromatic rings. The van der Waals surface area contributed by atoms with Crippen LogP contribution in [0.5, 0.6) is 0 Å². The Bertz CT molecular complexity index is 642. The van der Waals surface area contributed by atoms with Crippen LogP contribution in [0, 0.1) is 12.8 Å². The summed E-state index contributed by atoms with van der Waals surface area (Å²) in [4.78, 5) is 15.6. The first-order valence-electron chi connectivity index (χ1n) is 6.93. The Morgan fingerprint density at radius 2 is 2.40 bits per heavy atom. The molecule has 1 atom stereocenters. The van der Waals surface area contributed by atoms with Crippen molar-refractivity contribution in [2.45, 2.75) is 26.3 Å². The number of aromatic nitrogens is 2. The fourth-order valence-electron chi connectivity index (χ4n) is 2.82. The van der Waals surface area contributed by atoms with E-state index in [1.54, 1.807) is 18.2 Å². The van der Waals surface area contributed by atoms with E-state index >= 15 is 0 Å². The number of aryl methyl sites for hydroxylation is 1. The quantitative estimate of drug-likeness (QED) is 0.933. The number of carboxylic acids is 1. The van der Waals surface area contributed by atoms with Crippen LogP contribution in [0.1, 0.15) is 29.0 Å². The van der Waals surface area contributed by atoms with Crippen LogP contribution in [0.15, 0.2) is 18.2 Å². The molecule has 1 aliphatic rings. The van der Waals surface area contributed by atoms with Gasteiger partial charge in [-0.05, 0) is 38.0 Å². The SMILES string of the molecule is Cc1nc2ccc(C(=O)O)cc2n1CC1CCCOC1. The number of rotatable bonds is 3. The van der Waals surface area contributed by atoms with Crippen molar-refractivity contribution < 1.29 is 14.6 Å². The second-order valence-corrected chi connectivity index (χ2v) is 5.36. The van der Waals surface area contributed by atoms with E-state index in [1.165, 1.54) is 0 Å². The van der Waals surface area contributed by atoms with Gasteiger partial charge in [0.1, 0.15) is 5.82 Å². The number of fused-ring (bicyclic) bond motifs is 1. The molecular weight excluding hydrogens is 256 g/mol. The Morgan fingerprint density at radius 1 is 1.55 bits per heavy atom. The number of hydrogen-bond donors (Lipinski definition) is 1. The van der Waals surface area contributed by atoms with Crippen molar-refractivity contribution in [3.05, 3.63) is 29.6 Å². The molecule has 0 saturated carbocycles. The van der Waals surface area contributed by atoms with Crippen LogP contribution in [-0.4, -0.2) is 33.8 Å². The van der Waals surface area contributed by atoms with E-state index in [-0.39, 0.29) is 0 Å². The van der Waals surface area contributed by atoms with Crippen molar-refractivity contribution in [1.82, 2.24) is 9.55 Å². The standard InChI is InChI=1S/C15H18N2O3/c1-10-16-13-5-4-12(15(18)19)7-14(13)17(10)8-11-3-2-6-20-9-11/h4-5,7,11H,2-3,6,8-9H2,1H3,(H,18,19). The molecule has 1 aromatic carbocycles. The third kappa shape index (κ3) is 2.41. The van der Waals surface area contributed by atoms with Crippen LogP contribution >= 0.6 is 0 Å². The molecule has 1 unspecified atom stereocenters. The number of imidazole rings is 1. The zero-order chi connectivity index (χ0) is 14.1. The fourth-order valence-corrected chi connectivity index (χ4v) is 2.82. The highest BCUT2D eigenvalue weighted by atomic mass is 16.5. The van der Waals surface area contributed by atoms with Crippen molar-refractivity contribution >= 4 is 17.0 Å². The maximum Gasteiger partial charge on any atom is 0.335 e. The zero-order valence-electron chi connectivity index (χ0n) is 11.5. The van der Waals surface area contributed by atoms with E-state index in [4.69, 9.17) is 9.84 Å². The zero-order valence-corrected chi connectivity index (χ0v) is 11.5. The highest BCUT2D eigenvalue weighted by Crippen LogP contribution is 2.22. The van der Waals surface area contributed by atoms with Gasteiger partial charge in [0.25, 0.3) is 0 Å². The van der Waals surface area contributed by atoms with Crippen LogP contribution in [0.25, 0.3) is 11.0 Å². The van der Waals surface area contributed by atoms with E-state index in [9.17, 15) is 4.79 Å². The van der Waals surface area contributed by atoms with Crippen LogP contribution in [0.2, 0.25) is 0 Å². The second-order valence-electron chi connectivity index (χ2n) is 5.36. The molecule has 1 saturated heterocycles. The summed E-state index contributed by atoms with van der Waals surface area (Å²) in [5.41, 5.74) is 2.05. The number of hydrogen-bond acceptors (Lipinski definition) is 3. The number of benzene rings is 1. The highest BCUT2D eigenvalue weighted by molar-refractivity contribution is 5.92. The van der Waals surface area contributed by atoms with Crippen LogP contribution < -0.4 is 0 Å². The van der Waals surface area contributed by atoms with Crippen molar-refractivity contribution in [2.75, 3.05) is 13.2 Å². The van der Waals surface area contributed by atoms with E-state index in [2.05, 4.69) is 9.55 Å². The molecule has 1 fully saturated rings. The Labute approximate surface area is 117 Å². The predicted octanol–water partition coefficient (Wildman–Crippen LogP) is 2.47. The van der Waals surface area contributed by atoms with Gasteiger partial charge in [0, 0.05) is 19.1 Å². The first-order chi connectivity index (χ1) is 9.65. The van der Waals surface area contributed by atoms with Gasteiger partial charge in [-0.15, -0.1) is 0 Å². The number of aromatic carboxylic acids is 1. The average molecular weight is 274 g/mol. The summed E-state index contributed by atoms with van der Waals surface area (Å²) in [6.07, 6.45) is 2.24. The summed E-state index contributed by atoms with van der Waals surface area (Å²) >= 11 is 0. The van der Waals surface area contributed by atoms with Gasteiger partial charge in [-0.2, -0.15) is 0 Å². The number of ether oxygens (including phenoxy) is 1. The average Bonchev–Trinajstić information content (AvgIpc) is 2.75. The molecule has 0 aliphatic carbocycles. The lowest BCUT2D eigenvalue weighted by Crippen LogP contribution is -2.22. The van der Waals surface area contributed by atoms with Gasteiger partial charge in [-0.3, -0.25) is 0 Å². The lowest BCUT2D eigenvalue weighted by molar-refractivity contribution is 0.0486. The molecule has 5 nitrogen and oxygen atoms in total. The molecule has 106 valence electrons. The van der Waals surface area contributed by atoms with Crippen LogP contribution in [0.4, 0.5) is 0 Å². The van der Waals surface area contributed by atoms with Crippen molar-refractivity contribution in [3.63, 3.8) is 0 Å². The topological polar surface area (TPSA) is 64.3 Å². The summed E-state index contributed by atoms with van der Waals surface area (Å²) in [6, 6.07) is 5.09. The summed E-state index contributed by atoms with van der Waals surface area (Å²) < 4.78 is 7.63. The molecule has 0 bridgehead atoms. The second kappa shape index (κ2) is 5.25. The third-order valence-electron chi connectivity index (χ3n) is 3.88. The van der Waals surface area contributed by atoms with Crippen LogP contribution in [-0.2, 0) is 11.3 Å². The summed E-state index contributed by atoms with van der Waals surface area (Å²) in [6.45, 7) is 4.43. The van der Waals surface area contributed by atoms with Gasteiger partial charge < -0.3 is 14.4 Å². The van der Waals surface area contributed by atoms with Crippen molar-refractivity contribution in [2.24, 2.45) is 5.92 Å². The molecule has 2 heterocycles. The summed E-state index contributed by atoms with van der Waals surface area (Å²) in [5.74, 6) is 0.500. The molecule has 5 heteroatoms. The van der Waals surface area contributed by atoms with E-state index in [1.807, 2.05) is 6.92 Å². The van der Waals surface area contributed by atoms with E-state index < -0.39 is 5.97 Å². The van der Waals surface area contributed by atoms with Gasteiger partial charge in [0.15, 0.2) is 0 Å². The summed E-state index contributed by atoms with van der Waals surface area (Å²) in [7, 11) is 0. The minimum Gasteiger partial charge on any atom is -0.478 e. The molecule has 20 heavy (non-hydrogen) atoms. The number of carboxylic acid groups (broad SMARTS) is 1. The van der Waals surface area contributed by atoms with E-state index in [0.717, 1.165) is 49.5 Å². The maximum absolute atomic E-state index is 11.1. The maximum atomic E-state index is 11.1. The predicted molar refractivity (Wildman–Crippen MR) is 75.0 cm³/mol. The molecule has 1 aliphatic heterocycles. The first-order valence-corrected chi connectivity index (χ1v) is 6.93. The monoisotopic (exact) mass is 274 g/mol. The molecule has 3 rings (SSSR count). The minimum atomic E-state index is -0.904. The lowest BCUT2D eigenvalue weighted by atomic mass is 10.0. The Kier molecular flexibility index (Phi) is 3.44. The van der Waals surface area contributed by atoms with E-state index in [0.29, 0.717) is 11.5 Å². The van der Waals surface area contributed by atoms with Crippen LogP contribution in [0.3, 0.4) is 0 Å². The molecule has 1 N–H and O–H groups in total. The van der Waals surface area contributed by atoms with Crippen molar-refractivity contribution in [3.8, 4) is 0 Å². The first kappa shape index (κ1) is 13.1. The number of carbonyl (C=O) groups is 1. The van der Waals surface area contributed by atoms with Gasteiger partial charge in [-0.1, -0.05) is 0 Å². The lowest BCUT2D eigenvalue weighted by Gasteiger charge is -2.23. The Balaban J connectivity index is 1.97. The van der Waals surface area contributed by atoms with Gasteiger partial charge in [0.05, 0.1) is 23.2 Å². The third-order valence-corrected chi connectivity index (χ3v) is 3.88. The largest absolute Gasteiger partial charge is 0.478 e. The molecule has 0 radical (unpaired) electrons. The summed E-state index contributed by atoms with van der Waals surface area (Å²) in [5, 5.41) is 9.11. The van der Waals surface area contributed by atoms with Gasteiger partial charge in [-0.25, -0.2) is 9.78 Å². The Morgan fingerprint density at radius 3 is 3.10 bits per heavy atom. The molecular formula is C15H18N2O3. The highest BCUT2D eigenvalue weighted by Gasteiger charge is 2.18.